The van der Waals surface area contributed by atoms with Crippen LogP contribution < -0.4 is 5.73 Å². The number of nitrogen functional groups attached to an aromatic ring is 1. The van der Waals surface area contributed by atoms with Gasteiger partial charge in [0, 0.05) is 5.39 Å². The summed E-state index contributed by atoms with van der Waals surface area (Å²) < 4.78 is 50.9. The van der Waals surface area contributed by atoms with Gasteiger partial charge in [-0.2, -0.15) is 0 Å². The lowest BCUT2D eigenvalue weighted by Crippen LogP contribution is -2.05. The van der Waals surface area contributed by atoms with Crippen molar-refractivity contribution in [2.24, 2.45) is 0 Å². The highest BCUT2D eigenvalue weighted by Gasteiger charge is 2.23. The molecule has 0 aliphatic rings. The first kappa shape index (κ1) is 11.6. The molecule has 0 fully saturated rings. The van der Waals surface area contributed by atoms with Gasteiger partial charge in [0.25, 0.3) is 12.9 Å². The second-order valence-corrected chi connectivity index (χ2v) is 3.44. The number of anilines is 1. The van der Waals surface area contributed by atoms with E-state index in [1.807, 2.05) is 0 Å². The zero-order valence-electron chi connectivity index (χ0n) is 8.50. The van der Waals surface area contributed by atoms with E-state index in [-0.39, 0.29) is 10.9 Å². The van der Waals surface area contributed by atoms with Crippen LogP contribution in [0.25, 0.3) is 10.9 Å². The van der Waals surface area contributed by atoms with E-state index in [1.165, 1.54) is 24.3 Å². The Bertz CT molecular complexity index is 554. The monoisotopic (exact) mass is 244 g/mol. The Morgan fingerprint density at radius 3 is 2.24 bits per heavy atom. The molecule has 0 bridgehead atoms. The predicted molar refractivity (Wildman–Crippen MR) is 56.1 cm³/mol. The van der Waals surface area contributed by atoms with Gasteiger partial charge in [-0.05, 0) is 6.07 Å². The third-order valence-corrected chi connectivity index (χ3v) is 2.43. The molecule has 1 aromatic carbocycles. The van der Waals surface area contributed by atoms with Crippen LogP contribution in [-0.4, -0.2) is 4.98 Å². The third-order valence-electron chi connectivity index (χ3n) is 2.43. The Hall–Kier alpha value is -1.85. The summed E-state index contributed by atoms with van der Waals surface area (Å²) in [5, 5.41) is 0.101. The van der Waals surface area contributed by atoms with Gasteiger partial charge in [0.05, 0.1) is 16.8 Å². The summed E-state index contributed by atoms with van der Waals surface area (Å²) in [4.78, 5) is 3.61. The summed E-state index contributed by atoms with van der Waals surface area (Å²) in [5.74, 6) is 0. The zero-order chi connectivity index (χ0) is 12.6. The van der Waals surface area contributed by atoms with E-state index in [0.29, 0.717) is 0 Å². The van der Waals surface area contributed by atoms with Crippen LogP contribution in [0.4, 0.5) is 23.2 Å². The predicted octanol–water partition coefficient (Wildman–Crippen LogP) is 3.69. The molecule has 0 aliphatic heterocycles. The van der Waals surface area contributed by atoms with Gasteiger partial charge in [0.1, 0.15) is 5.69 Å². The lowest BCUT2D eigenvalue weighted by atomic mass is 10.1. The van der Waals surface area contributed by atoms with Crippen LogP contribution in [0.3, 0.4) is 0 Å². The van der Waals surface area contributed by atoms with Crippen LogP contribution in [0.2, 0.25) is 0 Å². The van der Waals surface area contributed by atoms with Crippen molar-refractivity contribution in [3.8, 4) is 0 Å². The van der Waals surface area contributed by atoms with E-state index in [2.05, 4.69) is 4.98 Å². The second-order valence-electron chi connectivity index (χ2n) is 3.44. The van der Waals surface area contributed by atoms with Crippen molar-refractivity contribution in [3.63, 3.8) is 0 Å². The molecule has 17 heavy (non-hydrogen) atoms. The number of nitrogens with two attached hydrogens (primary N) is 1. The van der Waals surface area contributed by atoms with Crippen LogP contribution in [0.1, 0.15) is 24.1 Å². The number of rotatable bonds is 2. The van der Waals surface area contributed by atoms with E-state index in [0.717, 1.165) is 0 Å². The minimum Gasteiger partial charge on any atom is -0.397 e. The van der Waals surface area contributed by atoms with E-state index < -0.39 is 29.8 Å². The van der Waals surface area contributed by atoms with Crippen LogP contribution >= 0.6 is 0 Å². The topological polar surface area (TPSA) is 38.9 Å². The third kappa shape index (κ3) is 1.90. The van der Waals surface area contributed by atoms with Crippen molar-refractivity contribution >= 4 is 16.6 Å². The quantitative estimate of drug-likeness (QED) is 0.818. The first-order chi connectivity index (χ1) is 8.02. The molecule has 0 atom stereocenters. The Labute approximate surface area is 94.1 Å². The smallest absolute Gasteiger partial charge is 0.282 e. The number of hydrogen-bond donors (Lipinski definition) is 1. The summed E-state index contributed by atoms with van der Waals surface area (Å²) in [6, 6.07) is 5.84. The Kier molecular flexibility index (Phi) is 2.87. The maximum absolute atomic E-state index is 12.8. The average Bonchev–Trinajstić information content (AvgIpc) is 2.27. The molecule has 1 aromatic heterocycles. The van der Waals surface area contributed by atoms with Crippen molar-refractivity contribution in [1.29, 1.82) is 0 Å². The lowest BCUT2D eigenvalue weighted by Gasteiger charge is -2.12. The van der Waals surface area contributed by atoms with Gasteiger partial charge in [0.15, 0.2) is 0 Å². The fourth-order valence-electron chi connectivity index (χ4n) is 1.67. The van der Waals surface area contributed by atoms with E-state index in [1.54, 1.807) is 0 Å². The number of fused-ring (bicyclic) bond motifs is 1. The van der Waals surface area contributed by atoms with Gasteiger partial charge in [-0.3, -0.25) is 0 Å². The average molecular weight is 244 g/mol. The first-order valence-electron chi connectivity index (χ1n) is 4.76. The maximum Gasteiger partial charge on any atom is 0.282 e. The van der Waals surface area contributed by atoms with Gasteiger partial charge >= 0.3 is 0 Å². The number of benzene rings is 1. The Morgan fingerprint density at radius 1 is 1.00 bits per heavy atom. The van der Waals surface area contributed by atoms with E-state index in [9.17, 15) is 17.6 Å². The lowest BCUT2D eigenvalue weighted by molar-refractivity contribution is 0.143. The van der Waals surface area contributed by atoms with Gasteiger partial charge < -0.3 is 5.73 Å². The van der Waals surface area contributed by atoms with E-state index in [4.69, 9.17) is 5.73 Å². The maximum atomic E-state index is 12.8. The summed E-state index contributed by atoms with van der Waals surface area (Å²) >= 11 is 0. The summed E-state index contributed by atoms with van der Waals surface area (Å²) in [7, 11) is 0. The normalized spacial score (nSPS) is 11.6. The molecule has 0 saturated heterocycles. The molecule has 6 heteroatoms. The fourth-order valence-corrected chi connectivity index (χ4v) is 1.67. The van der Waals surface area contributed by atoms with Gasteiger partial charge in [-0.25, -0.2) is 22.5 Å². The summed E-state index contributed by atoms with van der Waals surface area (Å²) in [5.41, 5.74) is 3.42. The summed E-state index contributed by atoms with van der Waals surface area (Å²) in [6.07, 6.45) is -5.89. The molecule has 2 N–H and O–H groups in total. The summed E-state index contributed by atoms with van der Waals surface area (Å²) in [6.45, 7) is 0. The SMILES string of the molecule is Nc1c(C(F)F)nc2ccccc2c1C(F)F. The van der Waals surface area contributed by atoms with Gasteiger partial charge in [0.2, 0.25) is 0 Å². The van der Waals surface area contributed by atoms with Crippen LogP contribution in [0.5, 0.6) is 0 Å². The van der Waals surface area contributed by atoms with Crippen molar-refractivity contribution < 1.29 is 17.6 Å². The molecule has 0 amide bonds. The largest absolute Gasteiger partial charge is 0.397 e. The number of aromatic nitrogens is 1. The molecule has 2 nitrogen and oxygen atoms in total. The number of para-hydroxylation sites is 1. The highest BCUT2D eigenvalue weighted by atomic mass is 19.3. The van der Waals surface area contributed by atoms with E-state index >= 15 is 0 Å². The molecular weight excluding hydrogens is 236 g/mol. The molecule has 2 aromatic rings. The van der Waals surface area contributed by atoms with Crippen LogP contribution in [0, 0.1) is 0 Å². The number of halogens is 4. The number of hydrogen-bond acceptors (Lipinski definition) is 2. The molecular formula is C11H8F4N2. The zero-order valence-corrected chi connectivity index (χ0v) is 8.50. The molecule has 0 unspecified atom stereocenters. The number of pyridine rings is 1. The Morgan fingerprint density at radius 2 is 1.65 bits per heavy atom. The van der Waals surface area contributed by atoms with Gasteiger partial charge in [-0.15, -0.1) is 0 Å². The molecule has 2 rings (SSSR count). The second kappa shape index (κ2) is 4.20. The molecule has 0 saturated carbocycles. The van der Waals surface area contributed by atoms with Crippen molar-refractivity contribution in [2.45, 2.75) is 12.9 Å². The van der Waals surface area contributed by atoms with Crippen molar-refractivity contribution in [3.05, 3.63) is 35.5 Å². The first-order valence-corrected chi connectivity index (χ1v) is 4.76. The van der Waals surface area contributed by atoms with Gasteiger partial charge in [-0.1, -0.05) is 18.2 Å². The molecule has 0 radical (unpaired) electrons. The van der Waals surface area contributed by atoms with Crippen LogP contribution in [0.15, 0.2) is 24.3 Å². The Balaban J connectivity index is 2.85. The van der Waals surface area contributed by atoms with Crippen molar-refractivity contribution in [2.75, 3.05) is 5.73 Å². The molecule has 1 heterocycles. The van der Waals surface area contributed by atoms with Crippen LogP contribution in [-0.2, 0) is 0 Å². The standard InChI is InChI=1S/C11H8F4N2/c12-10(13)7-5-3-1-2-4-6(5)17-9(8(7)16)11(14)15/h1-4,10-11H,16H2. The minimum absolute atomic E-state index is 0.0901. The number of alkyl halides is 4. The molecule has 0 aliphatic carbocycles. The highest BCUT2D eigenvalue weighted by molar-refractivity contribution is 5.87. The molecule has 0 spiro atoms. The minimum atomic E-state index is -2.97. The van der Waals surface area contributed by atoms with Crippen molar-refractivity contribution in [1.82, 2.24) is 4.98 Å². The fraction of sp³-hybridized carbons (Fsp3) is 0.182. The number of nitrogens with zero attached hydrogens (tertiary/aromatic N) is 1. The highest BCUT2D eigenvalue weighted by Crippen LogP contribution is 2.36. The molecule has 90 valence electrons.